The minimum atomic E-state index is -0.785. The highest BCUT2D eigenvalue weighted by Gasteiger charge is 2.57. The van der Waals surface area contributed by atoms with Gasteiger partial charge in [-0.25, -0.2) is 0 Å². The molecule has 1 amide bonds. The van der Waals surface area contributed by atoms with Crippen LogP contribution >= 0.6 is 0 Å². The van der Waals surface area contributed by atoms with Crippen molar-refractivity contribution in [3.8, 4) is 0 Å². The van der Waals surface area contributed by atoms with E-state index in [2.05, 4.69) is 5.16 Å². The molecule has 4 N–H and O–H groups in total. The van der Waals surface area contributed by atoms with Gasteiger partial charge < -0.3 is 20.9 Å². The zero-order valence-electron chi connectivity index (χ0n) is 9.09. The molecule has 6 nitrogen and oxygen atoms in total. The number of nitrogens with zero attached hydrogens (tertiary/aromatic N) is 2. The summed E-state index contributed by atoms with van der Waals surface area (Å²) in [7, 11) is 0. The van der Waals surface area contributed by atoms with E-state index in [0.29, 0.717) is 19.4 Å². The molecule has 2 aliphatic rings. The smallest absolute Gasteiger partial charge is 0.236 e. The number of carbonyl (C=O) groups excluding carboxylic acids is 1. The van der Waals surface area contributed by atoms with Gasteiger partial charge in [0.15, 0.2) is 5.84 Å². The minimum Gasteiger partial charge on any atom is -0.409 e. The molecule has 0 unspecified atom stereocenters. The number of aliphatic hydroxyl groups excluding tert-OH is 1. The number of hydrogen-bond acceptors (Lipinski definition) is 4. The average molecular weight is 227 g/mol. The largest absolute Gasteiger partial charge is 0.409 e. The second kappa shape index (κ2) is 3.93. The first-order chi connectivity index (χ1) is 7.65. The summed E-state index contributed by atoms with van der Waals surface area (Å²) < 4.78 is 0. The number of amidine groups is 1. The molecule has 0 bridgehead atoms. The molecule has 0 radical (unpaired) electrons. The predicted octanol–water partition coefficient (Wildman–Crippen LogP) is -0.504. The summed E-state index contributed by atoms with van der Waals surface area (Å²) in [5.74, 6) is -0.0968. The molecule has 0 aromatic rings. The summed E-state index contributed by atoms with van der Waals surface area (Å²) in [5.41, 5.74) is 4.77. The molecule has 2 aliphatic carbocycles. The summed E-state index contributed by atoms with van der Waals surface area (Å²) >= 11 is 0. The van der Waals surface area contributed by atoms with Crippen LogP contribution in [0, 0.1) is 5.41 Å². The highest BCUT2D eigenvalue weighted by Crippen LogP contribution is 2.48. The van der Waals surface area contributed by atoms with Crippen molar-refractivity contribution in [1.82, 2.24) is 4.90 Å². The van der Waals surface area contributed by atoms with Gasteiger partial charge in [0, 0.05) is 12.6 Å². The Morgan fingerprint density at radius 1 is 1.50 bits per heavy atom. The maximum Gasteiger partial charge on any atom is 0.236 e. The standard InChI is InChI=1S/C10H17N3O3/c11-8(12-16)10(3-4-10)9(15)13(5-6-14)7-1-2-7/h7,14,16H,1-6H2,(H2,11,12). The second-order valence-corrected chi connectivity index (χ2v) is 4.52. The van der Waals surface area contributed by atoms with E-state index < -0.39 is 5.41 Å². The van der Waals surface area contributed by atoms with Crippen molar-refractivity contribution < 1.29 is 15.1 Å². The lowest BCUT2D eigenvalue weighted by Crippen LogP contribution is -2.45. The van der Waals surface area contributed by atoms with Crippen molar-refractivity contribution in [2.45, 2.75) is 31.7 Å². The van der Waals surface area contributed by atoms with E-state index in [1.165, 1.54) is 0 Å². The molecular formula is C10H17N3O3. The van der Waals surface area contributed by atoms with Crippen LogP contribution in [0.5, 0.6) is 0 Å². The van der Waals surface area contributed by atoms with Gasteiger partial charge in [-0.05, 0) is 25.7 Å². The third kappa shape index (κ3) is 1.73. The van der Waals surface area contributed by atoms with Gasteiger partial charge in [-0.3, -0.25) is 4.79 Å². The molecule has 6 heteroatoms. The molecule has 2 fully saturated rings. The number of nitrogens with two attached hydrogens (primary N) is 1. The zero-order valence-corrected chi connectivity index (χ0v) is 9.09. The summed E-state index contributed by atoms with van der Waals surface area (Å²) in [6.45, 7) is 0.290. The number of amides is 1. The first kappa shape index (κ1) is 11.2. The summed E-state index contributed by atoms with van der Waals surface area (Å²) in [4.78, 5) is 13.9. The Hall–Kier alpha value is -1.30. The van der Waals surface area contributed by atoms with Gasteiger partial charge >= 0.3 is 0 Å². The Balaban J connectivity index is 2.10. The predicted molar refractivity (Wildman–Crippen MR) is 56.9 cm³/mol. The van der Waals surface area contributed by atoms with E-state index in [-0.39, 0.29) is 24.4 Å². The van der Waals surface area contributed by atoms with E-state index in [1.54, 1.807) is 4.90 Å². The van der Waals surface area contributed by atoms with Gasteiger partial charge in [-0.15, -0.1) is 0 Å². The lowest BCUT2D eigenvalue weighted by molar-refractivity contribution is -0.135. The Morgan fingerprint density at radius 2 is 2.12 bits per heavy atom. The van der Waals surface area contributed by atoms with E-state index in [1.807, 2.05) is 0 Å². The third-order valence-electron chi connectivity index (χ3n) is 3.35. The molecule has 2 saturated carbocycles. The van der Waals surface area contributed by atoms with Crippen LogP contribution in [-0.2, 0) is 4.79 Å². The van der Waals surface area contributed by atoms with Crippen LogP contribution in [0.25, 0.3) is 0 Å². The summed E-state index contributed by atoms with van der Waals surface area (Å²) in [6.07, 6.45) is 3.24. The molecule has 0 saturated heterocycles. The minimum absolute atomic E-state index is 0.00101. The fourth-order valence-corrected chi connectivity index (χ4v) is 2.02. The van der Waals surface area contributed by atoms with Crippen LogP contribution in [0.4, 0.5) is 0 Å². The Bertz CT molecular complexity index is 321. The fraction of sp³-hybridized carbons (Fsp3) is 0.800. The van der Waals surface area contributed by atoms with Crippen LogP contribution in [-0.4, -0.2) is 46.1 Å². The van der Waals surface area contributed by atoms with Crippen molar-refractivity contribution in [3.63, 3.8) is 0 Å². The third-order valence-corrected chi connectivity index (χ3v) is 3.35. The van der Waals surface area contributed by atoms with Gasteiger partial charge in [0.25, 0.3) is 0 Å². The molecule has 0 atom stereocenters. The van der Waals surface area contributed by atoms with Crippen LogP contribution < -0.4 is 5.73 Å². The number of aliphatic hydroxyl groups is 1. The molecule has 0 heterocycles. The van der Waals surface area contributed by atoms with Crippen molar-refractivity contribution >= 4 is 11.7 Å². The van der Waals surface area contributed by atoms with Crippen molar-refractivity contribution in [2.24, 2.45) is 16.3 Å². The number of oxime groups is 1. The maximum absolute atomic E-state index is 12.2. The van der Waals surface area contributed by atoms with Crippen LogP contribution in [0.3, 0.4) is 0 Å². The summed E-state index contributed by atoms with van der Waals surface area (Å²) in [5, 5.41) is 20.6. The number of hydrogen-bond donors (Lipinski definition) is 3. The highest BCUT2D eigenvalue weighted by atomic mass is 16.4. The fourth-order valence-electron chi connectivity index (χ4n) is 2.02. The maximum atomic E-state index is 12.2. The van der Waals surface area contributed by atoms with Crippen molar-refractivity contribution in [1.29, 1.82) is 0 Å². The van der Waals surface area contributed by atoms with Gasteiger partial charge in [0.2, 0.25) is 5.91 Å². The number of carbonyl (C=O) groups is 1. The highest BCUT2D eigenvalue weighted by molar-refractivity contribution is 6.09. The second-order valence-electron chi connectivity index (χ2n) is 4.52. The molecule has 0 aromatic heterocycles. The van der Waals surface area contributed by atoms with E-state index in [0.717, 1.165) is 12.8 Å². The van der Waals surface area contributed by atoms with Gasteiger partial charge in [0.1, 0.15) is 5.41 Å². The molecule has 90 valence electrons. The van der Waals surface area contributed by atoms with E-state index >= 15 is 0 Å². The Morgan fingerprint density at radius 3 is 2.50 bits per heavy atom. The van der Waals surface area contributed by atoms with Gasteiger partial charge in [-0.2, -0.15) is 0 Å². The topological polar surface area (TPSA) is 99.2 Å². The van der Waals surface area contributed by atoms with E-state index in [4.69, 9.17) is 16.0 Å². The lowest BCUT2D eigenvalue weighted by Gasteiger charge is -2.26. The molecular weight excluding hydrogens is 210 g/mol. The van der Waals surface area contributed by atoms with Gasteiger partial charge in [0.05, 0.1) is 6.61 Å². The number of rotatable bonds is 5. The lowest BCUT2D eigenvalue weighted by atomic mass is 10.0. The Kier molecular flexibility index (Phi) is 2.75. The van der Waals surface area contributed by atoms with Crippen LogP contribution in [0.15, 0.2) is 5.16 Å². The monoisotopic (exact) mass is 227 g/mol. The van der Waals surface area contributed by atoms with E-state index in [9.17, 15) is 4.79 Å². The normalized spacial score (nSPS) is 22.9. The van der Waals surface area contributed by atoms with Crippen LogP contribution in [0.2, 0.25) is 0 Å². The average Bonchev–Trinajstić information content (AvgIpc) is 3.16. The molecule has 0 spiro atoms. The SMILES string of the molecule is NC(=NO)C1(C(=O)N(CCO)C2CC2)CC1. The Labute approximate surface area is 93.7 Å². The quantitative estimate of drug-likeness (QED) is 0.255. The van der Waals surface area contributed by atoms with Gasteiger partial charge in [-0.1, -0.05) is 5.16 Å². The first-order valence-electron chi connectivity index (χ1n) is 5.55. The van der Waals surface area contributed by atoms with Crippen molar-refractivity contribution in [3.05, 3.63) is 0 Å². The zero-order chi connectivity index (χ0) is 11.8. The summed E-state index contributed by atoms with van der Waals surface area (Å²) in [6, 6.07) is 0.239. The molecule has 2 rings (SSSR count). The molecule has 16 heavy (non-hydrogen) atoms. The molecule has 0 aromatic carbocycles. The van der Waals surface area contributed by atoms with Crippen molar-refractivity contribution in [2.75, 3.05) is 13.2 Å². The van der Waals surface area contributed by atoms with Crippen LogP contribution in [0.1, 0.15) is 25.7 Å². The first-order valence-corrected chi connectivity index (χ1v) is 5.55. The molecule has 0 aliphatic heterocycles.